The summed E-state index contributed by atoms with van der Waals surface area (Å²) in [6.45, 7) is 10.1. The second kappa shape index (κ2) is 13.6. The van der Waals surface area contributed by atoms with Crippen molar-refractivity contribution < 1.29 is 28.7 Å². The van der Waals surface area contributed by atoms with E-state index in [0.29, 0.717) is 35.2 Å². The summed E-state index contributed by atoms with van der Waals surface area (Å²) in [5.74, 6) is -1.07. The highest BCUT2D eigenvalue weighted by atomic mass is 35.5. The third-order valence-electron chi connectivity index (χ3n) is 5.97. The second-order valence-corrected chi connectivity index (χ2v) is 10.8. The summed E-state index contributed by atoms with van der Waals surface area (Å²) in [5.41, 5.74) is 0.649. The first-order valence-corrected chi connectivity index (χ1v) is 13.6. The highest BCUT2D eigenvalue weighted by Gasteiger charge is 2.32. The van der Waals surface area contributed by atoms with Gasteiger partial charge < -0.3 is 24.6 Å². The van der Waals surface area contributed by atoms with E-state index in [1.807, 2.05) is 0 Å². The molecule has 1 aliphatic heterocycles. The van der Waals surface area contributed by atoms with E-state index in [2.05, 4.69) is 15.3 Å². The molecule has 1 aliphatic rings. The molecule has 1 unspecified atom stereocenters. The molecule has 1 N–H and O–H groups in total. The van der Waals surface area contributed by atoms with E-state index in [9.17, 15) is 19.2 Å². The Hall–Kier alpha value is -3.73. The zero-order chi connectivity index (χ0) is 29.4. The fourth-order valence-electron chi connectivity index (χ4n) is 4.10. The molecule has 3 amide bonds. The predicted octanol–water partition coefficient (Wildman–Crippen LogP) is 3.63. The van der Waals surface area contributed by atoms with Crippen LogP contribution in [0.1, 0.15) is 56.7 Å². The molecule has 3 rings (SSSR count). The number of aryl methyl sites for hydroxylation is 1. The number of benzene rings is 1. The van der Waals surface area contributed by atoms with Gasteiger partial charge in [-0.2, -0.15) is 0 Å². The number of aromatic nitrogens is 2. The Labute approximate surface area is 239 Å². The highest BCUT2D eigenvalue weighted by molar-refractivity contribution is 6.30. The first-order valence-electron chi connectivity index (χ1n) is 13.2. The predicted molar refractivity (Wildman–Crippen MR) is 149 cm³/mol. The summed E-state index contributed by atoms with van der Waals surface area (Å²) in [6.07, 6.45) is -0.471. The van der Waals surface area contributed by atoms with Gasteiger partial charge in [0.05, 0.1) is 6.61 Å². The fourth-order valence-corrected chi connectivity index (χ4v) is 4.23. The quantitative estimate of drug-likeness (QED) is 0.474. The topological polar surface area (TPSA) is 131 Å². The highest BCUT2D eigenvalue weighted by Crippen LogP contribution is 2.19. The molecule has 1 aromatic heterocycles. The van der Waals surface area contributed by atoms with Crippen molar-refractivity contribution >= 4 is 35.5 Å². The van der Waals surface area contributed by atoms with Crippen molar-refractivity contribution in [1.29, 1.82) is 0 Å². The van der Waals surface area contributed by atoms with E-state index in [1.54, 1.807) is 63.8 Å². The molecule has 12 heteroatoms. The maximum absolute atomic E-state index is 13.5. The summed E-state index contributed by atoms with van der Waals surface area (Å²) < 4.78 is 10.4. The first-order chi connectivity index (χ1) is 18.9. The van der Waals surface area contributed by atoms with E-state index < -0.39 is 29.6 Å². The maximum Gasteiger partial charge on any atom is 0.409 e. The Bertz CT molecular complexity index is 1220. The van der Waals surface area contributed by atoms with Gasteiger partial charge in [-0.1, -0.05) is 11.6 Å². The van der Waals surface area contributed by atoms with E-state index in [-0.39, 0.29) is 44.1 Å². The van der Waals surface area contributed by atoms with E-state index >= 15 is 0 Å². The molecule has 0 saturated carbocycles. The molecule has 0 aliphatic carbocycles. The smallest absolute Gasteiger partial charge is 0.409 e. The first kappa shape index (κ1) is 30.8. The number of carbonyl (C=O) groups is 4. The number of esters is 1. The van der Waals surface area contributed by atoms with Gasteiger partial charge in [-0.25, -0.2) is 14.8 Å². The van der Waals surface area contributed by atoms with Crippen LogP contribution in [0.25, 0.3) is 11.4 Å². The van der Waals surface area contributed by atoms with Crippen LogP contribution >= 0.6 is 11.6 Å². The standard InChI is InChI=1S/C28H36ClN5O6/c1-6-39-27(38)34-15-13-33(14-16-34)26(37)21(11-12-23(35)40-28(3,4)5)32-25(36)22-17-18(2)30-24(31-22)19-7-9-20(29)10-8-19/h7-10,17,21H,6,11-16H2,1-5H3,(H,32,36). The average molecular weight is 574 g/mol. The van der Waals surface area contributed by atoms with Crippen LogP contribution in [0.3, 0.4) is 0 Å². The molecular weight excluding hydrogens is 538 g/mol. The number of piperazine rings is 1. The number of nitrogens with zero attached hydrogens (tertiary/aromatic N) is 4. The Kier molecular flexibility index (Phi) is 10.4. The Morgan fingerprint density at radius 2 is 1.65 bits per heavy atom. The largest absolute Gasteiger partial charge is 0.460 e. The molecule has 1 aromatic carbocycles. The second-order valence-electron chi connectivity index (χ2n) is 10.4. The zero-order valence-electron chi connectivity index (χ0n) is 23.5. The number of nitrogens with one attached hydrogen (secondary N) is 1. The molecule has 0 radical (unpaired) electrons. The molecule has 1 fully saturated rings. The fraction of sp³-hybridized carbons (Fsp3) is 0.500. The monoisotopic (exact) mass is 573 g/mol. The minimum Gasteiger partial charge on any atom is -0.460 e. The van der Waals surface area contributed by atoms with Gasteiger partial charge in [0.25, 0.3) is 5.91 Å². The number of rotatable bonds is 8. The lowest BCUT2D eigenvalue weighted by atomic mass is 10.1. The Balaban J connectivity index is 1.77. The van der Waals surface area contributed by atoms with Crippen LogP contribution in [0.2, 0.25) is 5.02 Å². The van der Waals surface area contributed by atoms with Crippen molar-refractivity contribution in [2.45, 2.75) is 59.1 Å². The van der Waals surface area contributed by atoms with Gasteiger partial charge in [0.15, 0.2) is 5.82 Å². The van der Waals surface area contributed by atoms with Crippen LogP contribution in [0, 0.1) is 6.92 Å². The summed E-state index contributed by atoms with van der Waals surface area (Å²) in [7, 11) is 0. The van der Waals surface area contributed by atoms with Gasteiger partial charge in [0.2, 0.25) is 5.91 Å². The molecule has 1 atom stereocenters. The van der Waals surface area contributed by atoms with Crippen molar-refractivity contribution in [3.63, 3.8) is 0 Å². The lowest BCUT2D eigenvalue weighted by Crippen LogP contribution is -2.56. The Morgan fingerprint density at radius 1 is 1.02 bits per heavy atom. The number of hydrogen-bond acceptors (Lipinski definition) is 8. The number of ether oxygens (including phenoxy) is 2. The molecule has 0 bridgehead atoms. The van der Waals surface area contributed by atoms with Crippen LogP contribution in [0.5, 0.6) is 0 Å². The van der Waals surface area contributed by atoms with Crippen LogP contribution in [-0.2, 0) is 19.1 Å². The molecule has 1 saturated heterocycles. The SMILES string of the molecule is CCOC(=O)N1CCN(C(=O)C(CCC(=O)OC(C)(C)C)NC(=O)c2cc(C)nc(-c3ccc(Cl)cc3)n2)CC1. The van der Waals surface area contributed by atoms with Crippen LogP contribution in [0.15, 0.2) is 30.3 Å². The van der Waals surface area contributed by atoms with Crippen molar-refractivity contribution in [2.75, 3.05) is 32.8 Å². The van der Waals surface area contributed by atoms with Crippen LogP contribution < -0.4 is 5.32 Å². The van der Waals surface area contributed by atoms with Crippen molar-refractivity contribution in [3.05, 3.63) is 46.7 Å². The van der Waals surface area contributed by atoms with Gasteiger partial charge >= 0.3 is 12.1 Å². The average Bonchev–Trinajstić information content (AvgIpc) is 2.89. The summed E-state index contributed by atoms with van der Waals surface area (Å²) in [5, 5.41) is 3.32. The van der Waals surface area contributed by atoms with Crippen LogP contribution in [-0.4, -0.2) is 88.1 Å². The number of carbonyl (C=O) groups excluding carboxylic acids is 4. The van der Waals surface area contributed by atoms with Gasteiger partial charge in [0.1, 0.15) is 17.3 Å². The lowest BCUT2D eigenvalue weighted by Gasteiger charge is -2.36. The van der Waals surface area contributed by atoms with Gasteiger partial charge in [0, 0.05) is 48.9 Å². The molecule has 2 aromatic rings. The molecule has 216 valence electrons. The maximum atomic E-state index is 13.5. The molecule has 40 heavy (non-hydrogen) atoms. The summed E-state index contributed by atoms with van der Waals surface area (Å²) >= 11 is 5.99. The minimum atomic E-state index is -1.01. The van der Waals surface area contributed by atoms with Gasteiger partial charge in [-0.05, 0) is 71.4 Å². The molecule has 0 spiro atoms. The van der Waals surface area contributed by atoms with E-state index in [1.165, 1.54) is 11.0 Å². The summed E-state index contributed by atoms with van der Waals surface area (Å²) in [6, 6.07) is 7.43. The minimum absolute atomic E-state index is 0.0334. The Morgan fingerprint density at radius 3 is 2.25 bits per heavy atom. The zero-order valence-corrected chi connectivity index (χ0v) is 24.3. The molecule has 2 heterocycles. The lowest BCUT2D eigenvalue weighted by molar-refractivity contribution is -0.155. The van der Waals surface area contributed by atoms with Gasteiger partial charge in [-0.15, -0.1) is 0 Å². The van der Waals surface area contributed by atoms with Gasteiger partial charge in [-0.3, -0.25) is 14.4 Å². The number of hydrogen-bond donors (Lipinski definition) is 1. The molecular formula is C28H36ClN5O6. The number of halogens is 1. The third-order valence-corrected chi connectivity index (χ3v) is 6.22. The van der Waals surface area contributed by atoms with Crippen molar-refractivity contribution in [2.24, 2.45) is 0 Å². The van der Waals surface area contributed by atoms with Crippen molar-refractivity contribution in [1.82, 2.24) is 25.1 Å². The van der Waals surface area contributed by atoms with Crippen LogP contribution in [0.4, 0.5) is 4.79 Å². The van der Waals surface area contributed by atoms with E-state index in [4.69, 9.17) is 21.1 Å². The number of amides is 3. The molecule has 11 nitrogen and oxygen atoms in total. The van der Waals surface area contributed by atoms with E-state index in [0.717, 1.165) is 0 Å². The van der Waals surface area contributed by atoms with Crippen molar-refractivity contribution in [3.8, 4) is 11.4 Å². The normalized spacial score (nSPS) is 14.3. The third kappa shape index (κ3) is 8.90. The summed E-state index contributed by atoms with van der Waals surface area (Å²) in [4.78, 5) is 63.3.